The van der Waals surface area contributed by atoms with Gasteiger partial charge in [-0.05, 0) is 47.5 Å². The van der Waals surface area contributed by atoms with E-state index in [-0.39, 0.29) is 12.4 Å². The normalized spacial score (nSPS) is 10.4. The molecule has 0 atom stereocenters. The minimum atomic E-state index is -0.274. The minimum Gasteiger partial charge on any atom is -0.487 e. The van der Waals surface area contributed by atoms with E-state index in [0.29, 0.717) is 17.3 Å². The van der Waals surface area contributed by atoms with Gasteiger partial charge in [0.2, 0.25) is 0 Å². The van der Waals surface area contributed by atoms with E-state index in [1.54, 1.807) is 6.07 Å². The molecule has 0 saturated heterocycles. The van der Waals surface area contributed by atoms with Gasteiger partial charge in [0.25, 0.3) is 0 Å². The number of benzene rings is 3. The van der Waals surface area contributed by atoms with Crippen molar-refractivity contribution in [1.82, 2.24) is 0 Å². The van der Waals surface area contributed by atoms with Crippen LogP contribution in [0.15, 0.2) is 72.8 Å². The van der Waals surface area contributed by atoms with E-state index in [1.807, 2.05) is 54.6 Å². The molecule has 3 aromatic rings. The largest absolute Gasteiger partial charge is 0.487 e. The number of nitrogens with one attached hydrogen (secondary N) is 1. The van der Waals surface area contributed by atoms with Gasteiger partial charge in [-0.2, -0.15) is 0 Å². The summed E-state index contributed by atoms with van der Waals surface area (Å²) >= 11 is 6.28. The molecule has 3 aromatic carbocycles. The number of anilines is 1. The predicted octanol–water partition coefficient (Wildman–Crippen LogP) is 5.67. The summed E-state index contributed by atoms with van der Waals surface area (Å²) in [7, 11) is 0. The highest BCUT2D eigenvalue weighted by Crippen LogP contribution is 2.26. The van der Waals surface area contributed by atoms with E-state index in [1.165, 1.54) is 12.1 Å². The van der Waals surface area contributed by atoms with Crippen molar-refractivity contribution in [2.75, 3.05) is 5.32 Å². The Hall–Kier alpha value is -2.52. The van der Waals surface area contributed by atoms with Crippen molar-refractivity contribution in [3.63, 3.8) is 0 Å². The summed E-state index contributed by atoms with van der Waals surface area (Å²) in [5, 5.41) is 3.87. The van der Waals surface area contributed by atoms with Crippen LogP contribution in [0.25, 0.3) is 0 Å². The maximum absolute atomic E-state index is 13.2. The van der Waals surface area contributed by atoms with Gasteiger partial charge in [0.1, 0.15) is 18.2 Å². The number of hydrogen-bond acceptors (Lipinski definition) is 2. The lowest BCUT2D eigenvalue weighted by Crippen LogP contribution is -2.00. The molecular formula is C20H17ClFNO. The third kappa shape index (κ3) is 4.49. The minimum absolute atomic E-state index is 0.274. The summed E-state index contributed by atoms with van der Waals surface area (Å²) < 4.78 is 18.8. The van der Waals surface area contributed by atoms with Gasteiger partial charge in [0.05, 0.1) is 5.02 Å². The SMILES string of the molecule is Fc1cccc(COc2ccc(CNc3ccccc3)cc2Cl)c1. The summed E-state index contributed by atoms with van der Waals surface area (Å²) in [6.07, 6.45) is 0. The van der Waals surface area contributed by atoms with Gasteiger partial charge in [-0.1, -0.05) is 48.0 Å². The maximum atomic E-state index is 13.2. The summed E-state index contributed by atoms with van der Waals surface area (Å²) in [4.78, 5) is 0. The summed E-state index contributed by atoms with van der Waals surface area (Å²) in [5.41, 5.74) is 2.88. The molecule has 0 unspecified atom stereocenters. The Morgan fingerprint density at radius 1 is 0.875 bits per heavy atom. The highest BCUT2D eigenvalue weighted by atomic mass is 35.5. The van der Waals surface area contributed by atoms with Crippen LogP contribution < -0.4 is 10.1 Å². The Bertz CT molecular complexity index is 808. The standard InChI is InChI=1S/C20H17ClFNO/c21-19-12-15(13-23-18-7-2-1-3-8-18)9-10-20(19)24-14-16-5-4-6-17(22)11-16/h1-12,23H,13-14H2. The molecule has 0 aliphatic heterocycles. The zero-order chi connectivity index (χ0) is 16.8. The highest BCUT2D eigenvalue weighted by molar-refractivity contribution is 6.32. The van der Waals surface area contributed by atoms with Gasteiger partial charge in [0, 0.05) is 12.2 Å². The second kappa shape index (κ2) is 7.84. The Labute approximate surface area is 145 Å². The van der Waals surface area contributed by atoms with Crippen LogP contribution in [0.1, 0.15) is 11.1 Å². The van der Waals surface area contributed by atoms with Crippen LogP contribution >= 0.6 is 11.6 Å². The van der Waals surface area contributed by atoms with Crippen LogP contribution in [0.3, 0.4) is 0 Å². The van der Waals surface area contributed by atoms with Crippen LogP contribution in [0.2, 0.25) is 5.02 Å². The first-order valence-electron chi connectivity index (χ1n) is 7.65. The average molecular weight is 342 g/mol. The number of rotatable bonds is 6. The van der Waals surface area contributed by atoms with Crippen LogP contribution in [0.5, 0.6) is 5.75 Å². The van der Waals surface area contributed by atoms with Gasteiger partial charge in [0.15, 0.2) is 0 Å². The third-order valence-corrected chi connectivity index (χ3v) is 3.85. The molecule has 0 spiro atoms. The Morgan fingerprint density at radius 3 is 2.46 bits per heavy atom. The van der Waals surface area contributed by atoms with Crippen molar-refractivity contribution in [3.8, 4) is 5.75 Å². The third-order valence-electron chi connectivity index (χ3n) is 3.55. The summed E-state index contributed by atoms with van der Waals surface area (Å²) in [5.74, 6) is 0.314. The molecule has 0 fully saturated rings. The van der Waals surface area contributed by atoms with Crippen molar-refractivity contribution < 1.29 is 9.13 Å². The molecule has 0 heterocycles. The van der Waals surface area contributed by atoms with Crippen LogP contribution in [-0.4, -0.2) is 0 Å². The second-order valence-corrected chi connectivity index (χ2v) is 5.81. The molecule has 1 N–H and O–H groups in total. The van der Waals surface area contributed by atoms with Crippen LogP contribution in [0.4, 0.5) is 10.1 Å². The van der Waals surface area contributed by atoms with E-state index in [0.717, 1.165) is 16.8 Å². The first-order valence-corrected chi connectivity index (χ1v) is 8.03. The van der Waals surface area contributed by atoms with Crippen LogP contribution in [0, 0.1) is 5.82 Å². The molecule has 0 aliphatic rings. The Morgan fingerprint density at radius 2 is 1.71 bits per heavy atom. The average Bonchev–Trinajstić information content (AvgIpc) is 2.60. The van der Waals surface area contributed by atoms with E-state index >= 15 is 0 Å². The fraction of sp³-hybridized carbons (Fsp3) is 0.100. The molecule has 24 heavy (non-hydrogen) atoms. The van der Waals surface area contributed by atoms with Crippen molar-refractivity contribution in [1.29, 1.82) is 0 Å². The van der Waals surface area contributed by atoms with Gasteiger partial charge < -0.3 is 10.1 Å². The molecular weight excluding hydrogens is 325 g/mol. The van der Waals surface area contributed by atoms with E-state index in [4.69, 9.17) is 16.3 Å². The quantitative estimate of drug-likeness (QED) is 0.623. The molecule has 0 aromatic heterocycles. The molecule has 2 nitrogen and oxygen atoms in total. The zero-order valence-corrected chi connectivity index (χ0v) is 13.8. The van der Waals surface area contributed by atoms with Crippen molar-refractivity contribution in [3.05, 3.63) is 94.8 Å². The first kappa shape index (κ1) is 16.3. The van der Waals surface area contributed by atoms with E-state index in [2.05, 4.69) is 5.32 Å². The molecule has 4 heteroatoms. The molecule has 0 bridgehead atoms. The van der Waals surface area contributed by atoms with Gasteiger partial charge in [-0.25, -0.2) is 4.39 Å². The first-order chi connectivity index (χ1) is 11.7. The monoisotopic (exact) mass is 341 g/mol. The Kier molecular flexibility index (Phi) is 5.34. The number of halogens is 2. The molecule has 0 aliphatic carbocycles. The lowest BCUT2D eigenvalue weighted by Gasteiger charge is -2.11. The van der Waals surface area contributed by atoms with Gasteiger partial charge in [-0.15, -0.1) is 0 Å². The van der Waals surface area contributed by atoms with E-state index in [9.17, 15) is 4.39 Å². The number of para-hydroxylation sites is 1. The lowest BCUT2D eigenvalue weighted by molar-refractivity contribution is 0.305. The smallest absolute Gasteiger partial charge is 0.138 e. The van der Waals surface area contributed by atoms with E-state index < -0.39 is 0 Å². The Balaban J connectivity index is 1.60. The van der Waals surface area contributed by atoms with Gasteiger partial charge >= 0.3 is 0 Å². The maximum Gasteiger partial charge on any atom is 0.138 e. The zero-order valence-electron chi connectivity index (χ0n) is 13.0. The summed E-state index contributed by atoms with van der Waals surface area (Å²) in [6, 6.07) is 22.0. The predicted molar refractivity (Wildman–Crippen MR) is 96.0 cm³/mol. The van der Waals surface area contributed by atoms with Crippen molar-refractivity contribution in [2.24, 2.45) is 0 Å². The fourth-order valence-corrected chi connectivity index (χ4v) is 2.58. The van der Waals surface area contributed by atoms with Crippen molar-refractivity contribution >= 4 is 17.3 Å². The molecule has 0 amide bonds. The lowest BCUT2D eigenvalue weighted by atomic mass is 10.2. The van der Waals surface area contributed by atoms with Gasteiger partial charge in [-0.3, -0.25) is 0 Å². The number of ether oxygens (including phenoxy) is 1. The summed E-state index contributed by atoms with van der Waals surface area (Å²) in [6.45, 7) is 0.951. The van der Waals surface area contributed by atoms with Crippen molar-refractivity contribution in [2.45, 2.75) is 13.2 Å². The second-order valence-electron chi connectivity index (χ2n) is 5.40. The molecule has 122 valence electrons. The molecule has 0 saturated carbocycles. The van der Waals surface area contributed by atoms with Crippen LogP contribution in [-0.2, 0) is 13.2 Å². The molecule has 3 rings (SSSR count). The molecule has 0 radical (unpaired) electrons. The highest BCUT2D eigenvalue weighted by Gasteiger charge is 2.04. The fourth-order valence-electron chi connectivity index (χ4n) is 2.32. The number of hydrogen-bond donors (Lipinski definition) is 1. The topological polar surface area (TPSA) is 21.3 Å².